The molecule has 1 aliphatic heterocycles. The summed E-state index contributed by atoms with van der Waals surface area (Å²) in [7, 11) is 0. The van der Waals surface area contributed by atoms with Gasteiger partial charge in [0.1, 0.15) is 6.61 Å². The molecule has 0 unspecified atom stereocenters. The zero-order valence-electron chi connectivity index (χ0n) is 14.3. The van der Waals surface area contributed by atoms with Crippen molar-refractivity contribution in [1.29, 1.82) is 0 Å². The molecule has 0 aromatic heterocycles. The molecule has 1 amide bonds. The van der Waals surface area contributed by atoms with Crippen LogP contribution in [-0.4, -0.2) is 31.8 Å². The summed E-state index contributed by atoms with van der Waals surface area (Å²) in [5, 5.41) is 6.39. The smallest absolute Gasteiger partial charge is 0.407 e. The number of benzene rings is 2. The van der Waals surface area contributed by atoms with E-state index in [1.165, 1.54) is 22.3 Å². The Bertz CT molecular complexity index is 706. The number of carbonyl (C=O) groups is 1. The first-order chi connectivity index (χ1) is 12.3. The minimum atomic E-state index is -0.297. The maximum Gasteiger partial charge on any atom is 0.407 e. The van der Waals surface area contributed by atoms with Crippen LogP contribution in [-0.2, 0) is 4.74 Å². The molecule has 4 nitrogen and oxygen atoms in total. The Hall–Kier alpha value is -2.33. The molecule has 4 rings (SSSR count). The summed E-state index contributed by atoms with van der Waals surface area (Å²) >= 11 is 0. The molecule has 1 saturated heterocycles. The molecule has 4 heteroatoms. The highest BCUT2D eigenvalue weighted by Gasteiger charge is 2.29. The standard InChI is InChI=1S/C21H24N2O2/c24-21(23-15-6-5-12-22-13-11-15)25-14-20-18-9-3-1-7-16(18)17-8-2-4-10-19(17)20/h1-4,7-10,15,20,22H,5-6,11-14H2,(H,23,24)/t15-/m0/s1. The second kappa shape index (κ2) is 7.28. The number of amides is 1. The predicted octanol–water partition coefficient (Wildman–Crippen LogP) is 3.67. The van der Waals surface area contributed by atoms with Crippen LogP contribution >= 0.6 is 0 Å². The van der Waals surface area contributed by atoms with E-state index in [0.29, 0.717) is 6.61 Å². The lowest BCUT2D eigenvalue weighted by molar-refractivity contribution is 0.138. The van der Waals surface area contributed by atoms with Crippen molar-refractivity contribution in [2.24, 2.45) is 0 Å². The van der Waals surface area contributed by atoms with Crippen molar-refractivity contribution in [3.8, 4) is 11.1 Å². The van der Waals surface area contributed by atoms with E-state index in [9.17, 15) is 4.79 Å². The summed E-state index contributed by atoms with van der Waals surface area (Å²) in [6.45, 7) is 2.36. The molecule has 2 aromatic rings. The molecule has 0 radical (unpaired) electrons. The fourth-order valence-electron chi connectivity index (χ4n) is 3.97. The minimum absolute atomic E-state index is 0.119. The largest absolute Gasteiger partial charge is 0.449 e. The third kappa shape index (κ3) is 3.40. The first kappa shape index (κ1) is 16.2. The lowest BCUT2D eigenvalue weighted by Gasteiger charge is -2.18. The number of carbonyl (C=O) groups excluding carboxylic acids is 1. The van der Waals surface area contributed by atoms with Crippen LogP contribution in [0, 0.1) is 0 Å². The van der Waals surface area contributed by atoms with Crippen LogP contribution in [0.4, 0.5) is 4.79 Å². The van der Waals surface area contributed by atoms with Gasteiger partial charge in [-0.3, -0.25) is 0 Å². The Morgan fingerprint density at radius 3 is 2.40 bits per heavy atom. The topological polar surface area (TPSA) is 50.4 Å². The summed E-state index contributed by atoms with van der Waals surface area (Å²) in [5.74, 6) is 0.119. The minimum Gasteiger partial charge on any atom is -0.449 e. The first-order valence-electron chi connectivity index (χ1n) is 9.15. The molecule has 1 heterocycles. The van der Waals surface area contributed by atoms with Gasteiger partial charge in [0.25, 0.3) is 0 Å². The third-order valence-electron chi connectivity index (χ3n) is 5.24. The van der Waals surface area contributed by atoms with E-state index >= 15 is 0 Å². The van der Waals surface area contributed by atoms with Gasteiger partial charge in [0.05, 0.1) is 0 Å². The van der Waals surface area contributed by atoms with Gasteiger partial charge in [0.15, 0.2) is 0 Å². The Morgan fingerprint density at radius 2 is 1.68 bits per heavy atom. The van der Waals surface area contributed by atoms with Crippen molar-refractivity contribution in [1.82, 2.24) is 10.6 Å². The quantitative estimate of drug-likeness (QED) is 0.899. The highest BCUT2D eigenvalue weighted by Crippen LogP contribution is 2.44. The zero-order valence-corrected chi connectivity index (χ0v) is 14.3. The lowest BCUT2D eigenvalue weighted by Crippen LogP contribution is -2.36. The predicted molar refractivity (Wildman–Crippen MR) is 98.7 cm³/mol. The van der Waals surface area contributed by atoms with Gasteiger partial charge in [-0.1, -0.05) is 48.5 Å². The van der Waals surface area contributed by atoms with Gasteiger partial charge >= 0.3 is 6.09 Å². The Balaban J connectivity index is 1.43. The van der Waals surface area contributed by atoms with Gasteiger partial charge in [-0.15, -0.1) is 0 Å². The number of fused-ring (bicyclic) bond motifs is 3. The van der Waals surface area contributed by atoms with Crippen molar-refractivity contribution in [3.63, 3.8) is 0 Å². The van der Waals surface area contributed by atoms with Crippen molar-refractivity contribution in [2.45, 2.75) is 31.2 Å². The van der Waals surface area contributed by atoms with Crippen LogP contribution in [0.25, 0.3) is 11.1 Å². The SMILES string of the molecule is O=C(N[C@H]1CCCNCC1)OCC1c2ccccc2-c2ccccc21. The van der Waals surface area contributed by atoms with Crippen molar-refractivity contribution >= 4 is 6.09 Å². The van der Waals surface area contributed by atoms with Gasteiger partial charge < -0.3 is 15.4 Å². The van der Waals surface area contributed by atoms with E-state index in [-0.39, 0.29) is 18.1 Å². The molecule has 0 bridgehead atoms. The Morgan fingerprint density at radius 1 is 1.00 bits per heavy atom. The van der Waals surface area contributed by atoms with Crippen LogP contribution in [0.1, 0.15) is 36.3 Å². The Labute approximate surface area is 148 Å². The van der Waals surface area contributed by atoms with E-state index in [2.05, 4.69) is 59.2 Å². The molecule has 130 valence electrons. The molecular weight excluding hydrogens is 312 g/mol. The first-order valence-corrected chi connectivity index (χ1v) is 9.15. The van der Waals surface area contributed by atoms with E-state index in [1.54, 1.807) is 0 Å². The van der Waals surface area contributed by atoms with E-state index in [1.807, 2.05) is 0 Å². The molecule has 0 saturated carbocycles. The monoisotopic (exact) mass is 336 g/mol. The number of hydrogen-bond acceptors (Lipinski definition) is 3. The molecule has 2 aliphatic rings. The van der Waals surface area contributed by atoms with E-state index < -0.39 is 0 Å². The number of nitrogens with one attached hydrogen (secondary N) is 2. The lowest BCUT2D eigenvalue weighted by atomic mass is 9.98. The van der Waals surface area contributed by atoms with Crippen LogP contribution in [0.3, 0.4) is 0 Å². The normalized spacial score (nSPS) is 19.6. The number of hydrogen-bond donors (Lipinski definition) is 2. The summed E-state index contributed by atoms with van der Waals surface area (Å²) in [5.41, 5.74) is 4.99. The molecule has 0 spiro atoms. The highest BCUT2D eigenvalue weighted by molar-refractivity contribution is 5.79. The average Bonchev–Trinajstić information content (AvgIpc) is 2.77. The Kier molecular flexibility index (Phi) is 4.70. The fraction of sp³-hybridized carbons (Fsp3) is 0.381. The van der Waals surface area contributed by atoms with Crippen molar-refractivity contribution < 1.29 is 9.53 Å². The molecule has 2 aromatic carbocycles. The molecular formula is C21H24N2O2. The van der Waals surface area contributed by atoms with E-state index in [0.717, 1.165) is 32.4 Å². The number of alkyl carbamates (subject to hydrolysis) is 1. The average molecular weight is 336 g/mol. The summed E-state index contributed by atoms with van der Waals surface area (Å²) in [4.78, 5) is 12.3. The molecule has 1 fully saturated rings. The summed E-state index contributed by atoms with van der Waals surface area (Å²) in [6.07, 6.45) is 2.77. The molecule has 2 N–H and O–H groups in total. The maximum absolute atomic E-state index is 12.3. The number of ether oxygens (including phenoxy) is 1. The second-order valence-electron chi connectivity index (χ2n) is 6.85. The van der Waals surface area contributed by atoms with Gasteiger partial charge in [0, 0.05) is 12.0 Å². The van der Waals surface area contributed by atoms with Gasteiger partial charge in [-0.05, 0) is 54.6 Å². The van der Waals surface area contributed by atoms with E-state index in [4.69, 9.17) is 4.74 Å². The second-order valence-corrected chi connectivity index (χ2v) is 6.85. The summed E-state index contributed by atoms with van der Waals surface area (Å²) in [6, 6.07) is 17.0. The number of rotatable bonds is 3. The fourth-order valence-corrected chi connectivity index (χ4v) is 3.97. The van der Waals surface area contributed by atoms with Gasteiger partial charge in [-0.2, -0.15) is 0 Å². The molecule has 25 heavy (non-hydrogen) atoms. The summed E-state index contributed by atoms with van der Waals surface area (Å²) < 4.78 is 5.61. The molecule has 1 aliphatic carbocycles. The zero-order chi connectivity index (χ0) is 17.1. The third-order valence-corrected chi connectivity index (χ3v) is 5.24. The van der Waals surface area contributed by atoms with Crippen LogP contribution in [0.5, 0.6) is 0 Å². The van der Waals surface area contributed by atoms with Crippen LogP contribution in [0.15, 0.2) is 48.5 Å². The highest BCUT2D eigenvalue weighted by atomic mass is 16.5. The van der Waals surface area contributed by atoms with Crippen molar-refractivity contribution in [2.75, 3.05) is 19.7 Å². The van der Waals surface area contributed by atoms with Crippen LogP contribution < -0.4 is 10.6 Å². The van der Waals surface area contributed by atoms with Crippen molar-refractivity contribution in [3.05, 3.63) is 59.7 Å². The van der Waals surface area contributed by atoms with Gasteiger partial charge in [-0.25, -0.2) is 4.79 Å². The van der Waals surface area contributed by atoms with Gasteiger partial charge in [0.2, 0.25) is 0 Å². The maximum atomic E-state index is 12.3. The molecule has 1 atom stereocenters. The van der Waals surface area contributed by atoms with Crippen LogP contribution in [0.2, 0.25) is 0 Å².